The number of benzene rings is 1. The van der Waals surface area contributed by atoms with Crippen molar-refractivity contribution in [1.82, 2.24) is 9.80 Å². The van der Waals surface area contributed by atoms with Crippen LogP contribution in [-0.2, 0) is 11.3 Å². The van der Waals surface area contributed by atoms with E-state index in [0.29, 0.717) is 24.5 Å². The second-order valence-corrected chi connectivity index (χ2v) is 6.73. The summed E-state index contributed by atoms with van der Waals surface area (Å²) < 4.78 is 35.9. The summed E-state index contributed by atoms with van der Waals surface area (Å²) in [5.74, 6) is -0.414. The molecule has 1 unspecified atom stereocenters. The van der Waals surface area contributed by atoms with Gasteiger partial charge in [-0.05, 0) is 52.4 Å². The summed E-state index contributed by atoms with van der Waals surface area (Å²) in [5, 5.41) is 8.96. The Hall–Kier alpha value is -1.93. The van der Waals surface area contributed by atoms with Crippen LogP contribution in [0.2, 0.25) is 0 Å². The summed E-state index contributed by atoms with van der Waals surface area (Å²) in [6.45, 7) is 1.34. The summed E-state index contributed by atoms with van der Waals surface area (Å²) in [6.07, 6.45) is 2.67. The Bertz CT molecular complexity index is 615. The van der Waals surface area contributed by atoms with E-state index >= 15 is 0 Å². The largest absolute Gasteiger partial charge is 0.490 e. The summed E-state index contributed by atoms with van der Waals surface area (Å²) in [5.41, 5.74) is 0.665. The van der Waals surface area contributed by atoms with Crippen LogP contribution >= 0.6 is 0 Å². The number of para-hydroxylation sites is 1. The number of halogens is 2. The number of alkyl halides is 2. The van der Waals surface area contributed by atoms with Crippen molar-refractivity contribution in [2.75, 3.05) is 33.3 Å². The topological polar surface area (TPSA) is 62.2 Å². The first-order chi connectivity index (χ1) is 12.9. The van der Waals surface area contributed by atoms with Gasteiger partial charge in [0.2, 0.25) is 0 Å². The lowest BCUT2D eigenvalue weighted by Crippen LogP contribution is -2.36. The van der Waals surface area contributed by atoms with Gasteiger partial charge in [-0.3, -0.25) is 14.6 Å². The maximum Gasteiger partial charge on any atom is 0.387 e. The fourth-order valence-corrected chi connectivity index (χ4v) is 3.50. The summed E-state index contributed by atoms with van der Waals surface area (Å²) in [6, 6.07) is 5.39. The molecule has 1 aromatic rings. The molecule has 0 aliphatic carbocycles. The van der Waals surface area contributed by atoms with E-state index in [1.54, 1.807) is 25.1 Å². The zero-order valence-electron chi connectivity index (χ0n) is 15.9. The molecule has 1 aliphatic rings. The molecule has 0 aromatic heterocycles. The molecule has 1 fully saturated rings. The fraction of sp³-hybridized carbons (Fsp3) is 0.632. The van der Waals surface area contributed by atoms with Crippen LogP contribution in [0.1, 0.15) is 31.7 Å². The molecule has 6 nitrogen and oxygen atoms in total. The van der Waals surface area contributed by atoms with E-state index in [4.69, 9.17) is 14.6 Å². The van der Waals surface area contributed by atoms with Gasteiger partial charge in [0.1, 0.15) is 0 Å². The number of carboxylic acid groups (broad SMARTS) is 1. The number of rotatable bonds is 9. The molecular weight excluding hydrogens is 358 g/mol. The van der Waals surface area contributed by atoms with Gasteiger partial charge in [-0.1, -0.05) is 12.1 Å². The van der Waals surface area contributed by atoms with Gasteiger partial charge in [0.15, 0.2) is 11.5 Å². The number of likely N-dealkylation sites (N-methyl/N-ethyl adjacent to an activating group) is 1. The molecule has 1 heterocycles. The van der Waals surface area contributed by atoms with Crippen LogP contribution in [0.3, 0.4) is 0 Å². The van der Waals surface area contributed by atoms with Crippen molar-refractivity contribution in [1.29, 1.82) is 0 Å². The van der Waals surface area contributed by atoms with Crippen LogP contribution < -0.4 is 9.47 Å². The van der Waals surface area contributed by atoms with E-state index in [1.807, 2.05) is 11.9 Å². The lowest BCUT2D eigenvalue weighted by atomic mass is 10.1. The van der Waals surface area contributed by atoms with Gasteiger partial charge in [-0.25, -0.2) is 0 Å². The van der Waals surface area contributed by atoms with Crippen LogP contribution in [0, 0.1) is 0 Å². The molecule has 152 valence electrons. The van der Waals surface area contributed by atoms with E-state index in [9.17, 15) is 13.6 Å². The highest BCUT2D eigenvalue weighted by molar-refractivity contribution is 5.69. The van der Waals surface area contributed by atoms with Crippen LogP contribution in [0.15, 0.2) is 18.2 Å². The average Bonchev–Trinajstić information content (AvgIpc) is 2.82. The van der Waals surface area contributed by atoms with Crippen molar-refractivity contribution >= 4 is 5.97 Å². The van der Waals surface area contributed by atoms with E-state index in [1.165, 1.54) is 0 Å². The Balaban J connectivity index is 2.06. The first kappa shape index (κ1) is 21.4. The smallest absolute Gasteiger partial charge is 0.387 e. The minimum Gasteiger partial charge on any atom is -0.490 e. The highest BCUT2D eigenvalue weighted by Crippen LogP contribution is 2.34. The number of aliphatic carboxylic acids is 1. The number of hydrogen-bond acceptors (Lipinski definition) is 5. The molecule has 27 heavy (non-hydrogen) atoms. The lowest BCUT2D eigenvalue weighted by Gasteiger charge is -2.26. The molecule has 0 radical (unpaired) electrons. The first-order valence-electron chi connectivity index (χ1n) is 9.24. The van der Waals surface area contributed by atoms with Gasteiger partial charge >= 0.3 is 12.6 Å². The van der Waals surface area contributed by atoms with Gasteiger partial charge in [0, 0.05) is 18.2 Å². The molecule has 0 bridgehead atoms. The second kappa shape index (κ2) is 10.4. The van der Waals surface area contributed by atoms with Crippen molar-refractivity contribution in [3.63, 3.8) is 0 Å². The Morgan fingerprint density at radius 1 is 1.37 bits per heavy atom. The highest BCUT2D eigenvalue weighted by Gasteiger charge is 2.23. The van der Waals surface area contributed by atoms with Crippen molar-refractivity contribution in [2.45, 2.75) is 45.4 Å². The Labute approximate surface area is 158 Å². The maximum atomic E-state index is 12.9. The van der Waals surface area contributed by atoms with Gasteiger partial charge in [0.25, 0.3) is 0 Å². The van der Waals surface area contributed by atoms with Crippen molar-refractivity contribution in [3.8, 4) is 11.5 Å². The second-order valence-electron chi connectivity index (χ2n) is 6.73. The van der Waals surface area contributed by atoms with Gasteiger partial charge in [0.05, 0.1) is 13.2 Å². The van der Waals surface area contributed by atoms with Gasteiger partial charge < -0.3 is 14.6 Å². The maximum absolute atomic E-state index is 12.9. The third-order valence-corrected chi connectivity index (χ3v) is 4.76. The monoisotopic (exact) mass is 386 g/mol. The van der Waals surface area contributed by atoms with Crippen molar-refractivity contribution in [3.05, 3.63) is 23.8 Å². The van der Waals surface area contributed by atoms with Crippen molar-refractivity contribution < 1.29 is 28.2 Å². The van der Waals surface area contributed by atoms with Crippen LogP contribution in [0.4, 0.5) is 8.78 Å². The number of carboxylic acids is 1. The third-order valence-electron chi connectivity index (χ3n) is 4.76. The Morgan fingerprint density at radius 3 is 2.81 bits per heavy atom. The van der Waals surface area contributed by atoms with Crippen LogP contribution in [-0.4, -0.2) is 66.8 Å². The molecule has 0 spiro atoms. The number of likely N-dealkylation sites (tertiary alicyclic amines) is 1. The van der Waals surface area contributed by atoms with Gasteiger partial charge in [-0.2, -0.15) is 8.78 Å². The van der Waals surface area contributed by atoms with E-state index in [-0.39, 0.29) is 18.3 Å². The average molecular weight is 386 g/mol. The van der Waals surface area contributed by atoms with E-state index in [2.05, 4.69) is 4.90 Å². The van der Waals surface area contributed by atoms with E-state index in [0.717, 1.165) is 32.4 Å². The molecule has 0 saturated carbocycles. The molecule has 2 rings (SSSR count). The molecule has 8 heteroatoms. The molecule has 1 N–H and O–H groups in total. The van der Waals surface area contributed by atoms with Gasteiger partial charge in [-0.15, -0.1) is 0 Å². The predicted molar refractivity (Wildman–Crippen MR) is 97.4 cm³/mol. The molecule has 0 amide bonds. The predicted octanol–water partition coefficient (Wildman–Crippen LogP) is 3.06. The SMILES string of the molecule is CCOc1cccc(CN2CCCC(N(C)CC(=O)O)CC2)c1OC(F)F. The van der Waals surface area contributed by atoms with Crippen molar-refractivity contribution in [2.24, 2.45) is 0 Å². The van der Waals surface area contributed by atoms with Crippen LogP contribution in [0.25, 0.3) is 0 Å². The molecule has 1 atom stereocenters. The minimum absolute atomic E-state index is 0.0213. The zero-order valence-corrected chi connectivity index (χ0v) is 15.9. The standard InChI is InChI=1S/C19H28F2N2O4/c1-3-26-16-8-4-6-14(18(16)27-19(20)21)12-23-10-5-7-15(9-11-23)22(2)13-17(24)25/h4,6,8,15,19H,3,5,7,9-13H2,1-2H3,(H,24,25). The molecule has 1 aliphatic heterocycles. The third kappa shape index (κ3) is 6.62. The summed E-state index contributed by atoms with van der Waals surface area (Å²) in [4.78, 5) is 15.0. The minimum atomic E-state index is -2.91. The number of hydrogen-bond donors (Lipinski definition) is 1. The fourth-order valence-electron chi connectivity index (χ4n) is 3.50. The van der Waals surface area contributed by atoms with Crippen LogP contribution in [0.5, 0.6) is 11.5 Å². The molecule has 1 saturated heterocycles. The molecule has 1 aromatic carbocycles. The Morgan fingerprint density at radius 2 is 2.15 bits per heavy atom. The zero-order chi connectivity index (χ0) is 19.8. The number of ether oxygens (including phenoxy) is 2. The molecular formula is C19H28F2N2O4. The number of carbonyl (C=O) groups is 1. The highest BCUT2D eigenvalue weighted by atomic mass is 19.3. The lowest BCUT2D eigenvalue weighted by molar-refractivity contribution is -0.138. The summed E-state index contributed by atoms with van der Waals surface area (Å²) >= 11 is 0. The summed E-state index contributed by atoms with van der Waals surface area (Å²) in [7, 11) is 1.83. The quantitative estimate of drug-likeness (QED) is 0.704. The first-order valence-corrected chi connectivity index (χ1v) is 9.24. The normalized spacial score (nSPS) is 18.5. The van der Waals surface area contributed by atoms with E-state index < -0.39 is 12.6 Å². The number of nitrogens with zero attached hydrogens (tertiary/aromatic N) is 2. The Kier molecular flexibility index (Phi) is 8.24.